The number of benzene rings is 2. The second kappa shape index (κ2) is 9.81. The Labute approximate surface area is 180 Å². The van der Waals surface area contributed by atoms with Crippen molar-refractivity contribution < 1.29 is 0 Å². The highest BCUT2D eigenvalue weighted by Gasteiger charge is 2.29. The maximum absolute atomic E-state index is 4.46. The second-order valence-electron chi connectivity index (χ2n) is 8.31. The Bertz CT molecular complexity index is 868. The van der Waals surface area contributed by atoms with Gasteiger partial charge >= 0.3 is 0 Å². The van der Waals surface area contributed by atoms with Crippen LogP contribution in [-0.2, 0) is 13.1 Å². The van der Waals surface area contributed by atoms with Crippen molar-refractivity contribution in [2.24, 2.45) is 4.99 Å². The molecule has 0 saturated carbocycles. The zero-order chi connectivity index (χ0) is 20.8. The second-order valence-corrected chi connectivity index (χ2v) is 8.31. The third-order valence-electron chi connectivity index (χ3n) is 6.05. The van der Waals surface area contributed by atoms with Crippen molar-refractivity contribution in [3.8, 4) is 0 Å². The highest BCUT2D eigenvalue weighted by atomic mass is 15.3. The van der Waals surface area contributed by atoms with Crippen molar-refractivity contribution in [3.63, 3.8) is 0 Å². The first-order valence-electron chi connectivity index (χ1n) is 11.0. The molecule has 2 aromatic rings. The molecule has 2 N–H and O–H groups in total. The number of nitrogens with zero attached hydrogens (tertiary/aromatic N) is 3. The molecule has 0 bridgehead atoms. The van der Waals surface area contributed by atoms with Gasteiger partial charge in [-0.05, 0) is 36.6 Å². The first kappa shape index (κ1) is 20.5. The summed E-state index contributed by atoms with van der Waals surface area (Å²) in [6, 6.07) is 20.5. The number of aliphatic imine (C=N–C) groups is 1. The minimum absolute atomic E-state index is 0.414. The van der Waals surface area contributed by atoms with Gasteiger partial charge in [0.15, 0.2) is 5.96 Å². The third-order valence-corrected chi connectivity index (χ3v) is 6.05. The Morgan fingerprint density at radius 3 is 2.57 bits per heavy atom. The SMILES string of the molecule is CN=C(NCc1cccc(N2CC=CC2)c1)NC1CC(C)N(Cc2ccccc2)C1. The highest BCUT2D eigenvalue weighted by molar-refractivity contribution is 5.80. The summed E-state index contributed by atoms with van der Waals surface area (Å²) in [4.78, 5) is 9.38. The molecule has 158 valence electrons. The lowest BCUT2D eigenvalue weighted by Gasteiger charge is -2.21. The Morgan fingerprint density at radius 1 is 1.03 bits per heavy atom. The van der Waals surface area contributed by atoms with Gasteiger partial charge in [-0.2, -0.15) is 0 Å². The zero-order valence-electron chi connectivity index (χ0n) is 18.1. The van der Waals surface area contributed by atoms with Crippen LogP contribution in [0, 0.1) is 0 Å². The zero-order valence-corrected chi connectivity index (χ0v) is 18.1. The lowest BCUT2D eigenvalue weighted by Crippen LogP contribution is -2.44. The lowest BCUT2D eigenvalue weighted by atomic mass is 10.2. The van der Waals surface area contributed by atoms with E-state index in [2.05, 4.69) is 99.1 Å². The number of nitrogens with one attached hydrogen (secondary N) is 2. The molecule has 5 heteroatoms. The molecule has 1 saturated heterocycles. The first-order chi connectivity index (χ1) is 14.7. The number of hydrogen-bond acceptors (Lipinski definition) is 3. The maximum atomic E-state index is 4.46. The standard InChI is InChI=1S/C25H33N5/c1-20-15-23(19-30(20)18-21-9-4-3-5-10-21)28-25(26-2)27-17-22-11-8-12-24(16-22)29-13-6-7-14-29/h3-12,16,20,23H,13-15,17-19H2,1-2H3,(H2,26,27,28). The normalized spacial score (nSPS) is 21.9. The van der Waals surface area contributed by atoms with Crippen molar-refractivity contribution in [1.29, 1.82) is 0 Å². The largest absolute Gasteiger partial charge is 0.364 e. The summed E-state index contributed by atoms with van der Waals surface area (Å²) in [6.45, 7) is 7.13. The monoisotopic (exact) mass is 403 g/mol. The minimum Gasteiger partial charge on any atom is -0.364 e. The van der Waals surface area contributed by atoms with Gasteiger partial charge in [0, 0.05) is 57.5 Å². The van der Waals surface area contributed by atoms with E-state index in [1.165, 1.54) is 16.8 Å². The van der Waals surface area contributed by atoms with E-state index >= 15 is 0 Å². The van der Waals surface area contributed by atoms with E-state index in [1.54, 1.807) is 0 Å². The summed E-state index contributed by atoms with van der Waals surface area (Å²) < 4.78 is 0. The average Bonchev–Trinajstić information content (AvgIpc) is 3.42. The van der Waals surface area contributed by atoms with Gasteiger partial charge in [0.2, 0.25) is 0 Å². The molecule has 4 rings (SSSR count). The van der Waals surface area contributed by atoms with Gasteiger partial charge in [-0.3, -0.25) is 9.89 Å². The summed E-state index contributed by atoms with van der Waals surface area (Å²) in [7, 11) is 1.85. The van der Waals surface area contributed by atoms with Gasteiger partial charge in [0.05, 0.1) is 0 Å². The van der Waals surface area contributed by atoms with Crippen LogP contribution >= 0.6 is 0 Å². The summed E-state index contributed by atoms with van der Waals surface area (Å²) in [5.41, 5.74) is 3.93. The topological polar surface area (TPSA) is 42.9 Å². The molecular weight excluding hydrogens is 370 g/mol. The molecule has 2 heterocycles. The van der Waals surface area contributed by atoms with Crippen LogP contribution in [-0.4, -0.2) is 49.6 Å². The molecule has 2 aromatic carbocycles. The van der Waals surface area contributed by atoms with Crippen molar-refractivity contribution in [2.75, 3.05) is 31.6 Å². The van der Waals surface area contributed by atoms with Gasteiger partial charge in [0.25, 0.3) is 0 Å². The smallest absolute Gasteiger partial charge is 0.191 e. The van der Waals surface area contributed by atoms with Gasteiger partial charge in [0.1, 0.15) is 0 Å². The Morgan fingerprint density at radius 2 is 1.80 bits per heavy atom. The Hall–Kier alpha value is -2.79. The van der Waals surface area contributed by atoms with E-state index in [-0.39, 0.29) is 0 Å². The van der Waals surface area contributed by atoms with E-state index in [0.29, 0.717) is 12.1 Å². The predicted molar refractivity (Wildman–Crippen MR) is 126 cm³/mol. The number of hydrogen-bond donors (Lipinski definition) is 2. The summed E-state index contributed by atoms with van der Waals surface area (Å²) in [5, 5.41) is 7.12. The van der Waals surface area contributed by atoms with Crippen molar-refractivity contribution in [3.05, 3.63) is 77.9 Å². The van der Waals surface area contributed by atoms with Crippen molar-refractivity contribution in [2.45, 2.75) is 38.5 Å². The van der Waals surface area contributed by atoms with Crippen molar-refractivity contribution in [1.82, 2.24) is 15.5 Å². The molecule has 0 amide bonds. The molecule has 2 atom stereocenters. The van der Waals surface area contributed by atoms with Crippen LogP contribution in [0.4, 0.5) is 5.69 Å². The molecule has 0 aliphatic carbocycles. The molecule has 0 radical (unpaired) electrons. The van der Waals surface area contributed by atoms with E-state index in [9.17, 15) is 0 Å². The molecule has 5 nitrogen and oxygen atoms in total. The number of anilines is 1. The van der Waals surface area contributed by atoms with Crippen LogP contribution < -0.4 is 15.5 Å². The van der Waals surface area contributed by atoms with E-state index in [1.807, 2.05) is 7.05 Å². The fraction of sp³-hybridized carbons (Fsp3) is 0.400. The molecular formula is C25H33N5. The van der Waals surface area contributed by atoms with Crippen LogP contribution in [0.2, 0.25) is 0 Å². The molecule has 1 fully saturated rings. The summed E-state index contributed by atoms with van der Waals surface area (Å²) in [6.07, 6.45) is 5.58. The third kappa shape index (κ3) is 5.22. The molecule has 2 aliphatic heterocycles. The Balaban J connectivity index is 1.28. The van der Waals surface area contributed by atoms with Crippen LogP contribution in [0.25, 0.3) is 0 Å². The van der Waals surface area contributed by atoms with E-state index in [0.717, 1.165) is 45.1 Å². The van der Waals surface area contributed by atoms with Crippen LogP contribution in [0.3, 0.4) is 0 Å². The molecule has 0 aromatic heterocycles. The Kier molecular flexibility index (Phi) is 6.70. The lowest BCUT2D eigenvalue weighted by molar-refractivity contribution is 0.258. The quantitative estimate of drug-likeness (QED) is 0.441. The molecule has 30 heavy (non-hydrogen) atoms. The van der Waals surface area contributed by atoms with Crippen LogP contribution in [0.1, 0.15) is 24.5 Å². The maximum Gasteiger partial charge on any atom is 0.191 e. The average molecular weight is 404 g/mol. The van der Waals surface area contributed by atoms with Gasteiger partial charge in [-0.15, -0.1) is 0 Å². The fourth-order valence-electron chi connectivity index (χ4n) is 4.37. The summed E-state index contributed by atoms with van der Waals surface area (Å²) in [5.74, 6) is 0.877. The van der Waals surface area contributed by atoms with Gasteiger partial charge in [-0.25, -0.2) is 0 Å². The predicted octanol–water partition coefficient (Wildman–Crippen LogP) is 3.39. The highest BCUT2D eigenvalue weighted by Crippen LogP contribution is 2.21. The first-order valence-corrected chi connectivity index (χ1v) is 11.0. The number of rotatable bonds is 6. The van der Waals surface area contributed by atoms with Crippen LogP contribution in [0.5, 0.6) is 0 Å². The fourth-order valence-corrected chi connectivity index (χ4v) is 4.37. The molecule has 0 spiro atoms. The molecule has 2 aliphatic rings. The number of likely N-dealkylation sites (tertiary alicyclic amines) is 1. The van der Waals surface area contributed by atoms with Crippen molar-refractivity contribution >= 4 is 11.6 Å². The van der Waals surface area contributed by atoms with E-state index < -0.39 is 0 Å². The minimum atomic E-state index is 0.414. The van der Waals surface area contributed by atoms with E-state index in [4.69, 9.17) is 0 Å². The summed E-state index contributed by atoms with van der Waals surface area (Å²) >= 11 is 0. The van der Waals surface area contributed by atoms with Crippen LogP contribution in [0.15, 0.2) is 71.7 Å². The number of guanidine groups is 1. The van der Waals surface area contributed by atoms with Gasteiger partial charge in [-0.1, -0.05) is 54.6 Å². The molecule has 2 unspecified atom stereocenters. The van der Waals surface area contributed by atoms with Gasteiger partial charge < -0.3 is 15.5 Å².